The van der Waals surface area contributed by atoms with E-state index in [1.165, 1.54) is 11.8 Å². The number of imidazole rings is 1. The molecule has 130 valence electrons. The summed E-state index contributed by atoms with van der Waals surface area (Å²) >= 11 is 1.28. The van der Waals surface area contributed by atoms with Crippen molar-refractivity contribution >= 4 is 34.4 Å². The molecule has 2 heterocycles. The second-order valence-corrected chi connectivity index (χ2v) is 6.71. The number of hydrogen-bond donors (Lipinski definition) is 1. The number of anilines is 1. The van der Waals surface area contributed by atoms with Crippen LogP contribution in [0.3, 0.4) is 0 Å². The van der Waals surface area contributed by atoms with Gasteiger partial charge in [-0.05, 0) is 24.3 Å². The molecule has 2 aromatic rings. The maximum atomic E-state index is 12.3. The minimum atomic E-state index is -0.171. The molecule has 25 heavy (non-hydrogen) atoms. The third-order valence-corrected chi connectivity index (χ3v) is 4.80. The first-order valence-electron chi connectivity index (χ1n) is 7.88. The zero-order valence-corrected chi connectivity index (χ0v) is 14.6. The van der Waals surface area contributed by atoms with E-state index in [1.807, 2.05) is 0 Å². The van der Waals surface area contributed by atoms with Crippen molar-refractivity contribution in [3.05, 3.63) is 48.0 Å². The van der Waals surface area contributed by atoms with Gasteiger partial charge in [-0.1, -0.05) is 11.8 Å². The first-order valence-corrected chi connectivity index (χ1v) is 8.87. The lowest BCUT2D eigenvalue weighted by Crippen LogP contribution is -2.27. The Kier molecular flexibility index (Phi) is 5.18. The molecular formula is C17H18N4O3S. The lowest BCUT2D eigenvalue weighted by atomic mass is 10.1. The number of amides is 2. The summed E-state index contributed by atoms with van der Waals surface area (Å²) in [5.74, 6) is 0.819. The molecule has 1 aliphatic rings. The highest BCUT2D eigenvalue weighted by Crippen LogP contribution is 2.17. The minimum Gasteiger partial charge on any atom is -0.332 e. The second kappa shape index (κ2) is 7.52. The Morgan fingerprint density at radius 1 is 1.28 bits per heavy atom. The summed E-state index contributed by atoms with van der Waals surface area (Å²) in [7, 11) is 1.76. The van der Waals surface area contributed by atoms with Crippen molar-refractivity contribution in [2.45, 2.75) is 6.42 Å². The summed E-state index contributed by atoms with van der Waals surface area (Å²) in [6.07, 6.45) is 3.54. The maximum Gasteiger partial charge on any atom is 0.281 e. The number of benzene rings is 1. The van der Waals surface area contributed by atoms with Crippen molar-refractivity contribution in [3.63, 3.8) is 0 Å². The Morgan fingerprint density at radius 2 is 2.04 bits per heavy atom. The molecule has 1 aromatic carbocycles. The lowest BCUT2D eigenvalue weighted by molar-refractivity contribution is -0.116. The van der Waals surface area contributed by atoms with Crippen LogP contribution in [0.25, 0.3) is 0 Å². The zero-order valence-electron chi connectivity index (χ0n) is 13.8. The van der Waals surface area contributed by atoms with Gasteiger partial charge in [0.05, 0.1) is 0 Å². The minimum absolute atomic E-state index is 0.0324. The van der Waals surface area contributed by atoms with E-state index in [0.29, 0.717) is 30.2 Å². The SMILES string of the molecule is Cn1ccnc1C(=O)c1ccc(NC(=O)CCN2CCSC2=O)cc1. The van der Waals surface area contributed by atoms with Gasteiger partial charge in [0.1, 0.15) is 0 Å². The van der Waals surface area contributed by atoms with Gasteiger partial charge in [-0.3, -0.25) is 14.4 Å². The molecule has 0 atom stereocenters. The van der Waals surface area contributed by atoms with E-state index in [0.717, 1.165) is 5.75 Å². The van der Waals surface area contributed by atoms with E-state index in [-0.39, 0.29) is 23.4 Å². The monoisotopic (exact) mass is 358 g/mol. The summed E-state index contributed by atoms with van der Waals surface area (Å²) in [6.45, 7) is 1.12. The van der Waals surface area contributed by atoms with Crippen molar-refractivity contribution in [1.29, 1.82) is 0 Å². The molecule has 1 fully saturated rings. The Balaban J connectivity index is 1.55. The predicted molar refractivity (Wildman–Crippen MR) is 95.8 cm³/mol. The van der Waals surface area contributed by atoms with E-state index in [1.54, 1.807) is 53.2 Å². The number of aryl methyl sites for hydroxylation is 1. The van der Waals surface area contributed by atoms with Crippen LogP contribution in [0.5, 0.6) is 0 Å². The highest BCUT2D eigenvalue weighted by molar-refractivity contribution is 8.13. The summed E-state index contributed by atoms with van der Waals surface area (Å²) < 4.78 is 1.66. The van der Waals surface area contributed by atoms with Gasteiger partial charge >= 0.3 is 0 Å². The molecule has 0 spiro atoms. The number of carbonyl (C=O) groups is 3. The van der Waals surface area contributed by atoms with E-state index in [9.17, 15) is 14.4 Å². The average molecular weight is 358 g/mol. The summed E-state index contributed by atoms with van der Waals surface area (Å²) in [4.78, 5) is 41.5. The Morgan fingerprint density at radius 3 is 2.64 bits per heavy atom. The van der Waals surface area contributed by atoms with Crippen LogP contribution in [-0.4, -0.2) is 50.2 Å². The molecule has 3 rings (SSSR count). The van der Waals surface area contributed by atoms with Gasteiger partial charge in [-0.2, -0.15) is 0 Å². The number of rotatable bonds is 6. The summed E-state index contributed by atoms with van der Waals surface area (Å²) in [5.41, 5.74) is 1.12. The van der Waals surface area contributed by atoms with Gasteiger partial charge in [-0.25, -0.2) is 4.98 Å². The maximum absolute atomic E-state index is 12.3. The van der Waals surface area contributed by atoms with Crippen LogP contribution in [0.1, 0.15) is 22.6 Å². The summed E-state index contributed by atoms with van der Waals surface area (Å²) in [6, 6.07) is 6.69. The van der Waals surface area contributed by atoms with Crippen molar-refractivity contribution in [3.8, 4) is 0 Å². The van der Waals surface area contributed by atoms with Crippen molar-refractivity contribution in [1.82, 2.24) is 14.5 Å². The third kappa shape index (κ3) is 4.08. The van der Waals surface area contributed by atoms with E-state index in [2.05, 4.69) is 10.3 Å². The first-order chi connectivity index (χ1) is 12.0. The van der Waals surface area contributed by atoms with Crippen LogP contribution in [-0.2, 0) is 11.8 Å². The highest BCUT2D eigenvalue weighted by Gasteiger charge is 2.21. The highest BCUT2D eigenvalue weighted by atomic mass is 32.2. The number of carbonyl (C=O) groups excluding carboxylic acids is 3. The molecular weight excluding hydrogens is 340 g/mol. The van der Waals surface area contributed by atoms with Crippen LogP contribution in [0, 0.1) is 0 Å². The van der Waals surface area contributed by atoms with Crippen LogP contribution in [0.15, 0.2) is 36.7 Å². The molecule has 1 aromatic heterocycles. The zero-order chi connectivity index (χ0) is 17.8. The fourth-order valence-corrected chi connectivity index (χ4v) is 3.36. The molecule has 2 amide bonds. The number of aromatic nitrogens is 2. The van der Waals surface area contributed by atoms with Gasteiger partial charge in [0, 0.05) is 56.0 Å². The average Bonchev–Trinajstić information content (AvgIpc) is 3.21. The predicted octanol–water partition coefficient (Wildman–Crippen LogP) is 2.15. The molecule has 1 N–H and O–H groups in total. The normalized spacial score (nSPS) is 14.0. The van der Waals surface area contributed by atoms with E-state index in [4.69, 9.17) is 0 Å². The molecule has 0 bridgehead atoms. The molecule has 0 saturated carbocycles. The lowest BCUT2D eigenvalue weighted by Gasteiger charge is -2.14. The number of hydrogen-bond acceptors (Lipinski definition) is 5. The quantitative estimate of drug-likeness (QED) is 0.800. The van der Waals surface area contributed by atoms with Crippen LogP contribution in [0.4, 0.5) is 10.5 Å². The second-order valence-electron chi connectivity index (χ2n) is 5.67. The Bertz CT molecular complexity index is 800. The molecule has 0 aliphatic carbocycles. The Labute approximate surface area is 149 Å². The number of ketones is 1. The molecule has 0 radical (unpaired) electrons. The van der Waals surface area contributed by atoms with Gasteiger partial charge < -0.3 is 14.8 Å². The third-order valence-electron chi connectivity index (χ3n) is 3.91. The molecule has 1 aliphatic heterocycles. The first kappa shape index (κ1) is 17.2. The van der Waals surface area contributed by atoms with E-state index >= 15 is 0 Å². The number of nitrogens with one attached hydrogen (secondary N) is 1. The largest absolute Gasteiger partial charge is 0.332 e. The fourth-order valence-electron chi connectivity index (χ4n) is 2.51. The Hall–Kier alpha value is -2.61. The van der Waals surface area contributed by atoms with Crippen molar-refractivity contribution in [2.75, 3.05) is 24.2 Å². The standard InChI is InChI=1S/C17H18N4O3S/c1-20-9-7-18-16(20)15(23)12-2-4-13(5-3-12)19-14(22)6-8-21-10-11-25-17(21)24/h2-5,7,9H,6,8,10-11H2,1H3,(H,19,22). The van der Waals surface area contributed by atoms with Gasteiger partial charge in [0.15, 0.2) is 5.82 Å². The fraction of sp³-hybridized carbons (Fsp3) is 0.294. The van der Waals surface area contributed by atoms with Gasteiger partial charge in [-0.15, -0.1) is 0 Å². The summed E-state index contributed by atoms with van der Waals surface area (Å²) in [5, 5.41) is 2.81. The smallest absolute Gasteiger partial charge is 0.281 e. The van der Waals surface area contributed by atoms with Crippen molar-refractivity contribution in [2.24, 2.45) is 7.05 Å². The topological polar surface area (TPSA) is 84.3 Å². The molecule has 8 heteroatoms. The van der Waals surface area contributed by atoms with E-state index < -0.39 is 0 Å². The number of nitrogens with zero attached hydrogens (tertiary/aromatic N) is 3. The van der Waals surface area contributed by atoms with Crippen LogP contribution < -0.4 is 5.32 Å². The van der Waals surface area contributed by atoms with Crippen molar-refractivity contribution < 1.29 is 14.4 Å². The molecule has 0 unspecified atom stereocenters. The molecule has 7 nitrogen and oxygen atoms in total. The molecule has 1 saturated heterocycles. The van der Waals surface area contributed by atoms with Crippen LogP contribution in [0.2, 0.25) is 0 Å². The number of thioether (sulfide) groups is 1. The van der Waals surface area contributed by atoms with Crippen LogP contribution >= 0.6 is 11.8 Å². The van der Waals surface area contributed by atoms with Gasteiger partial charge in [0.2, 0.25) is 11.7 Å². The van der Waals surface area contributed by atoms with Gasteiger partial charge in [0.25, 0.3) is 5.24 Å².